The number of piperidine rings is 1. The minimum Gasteiger partial charge on any atom is -0.495 e. The molecule has 1 aromatic heterocycles. The van der Waals surface area contributed by atoms with E-state index in [4.69, 9.17) is 4.74 Å². The van der Waals surface area contributed by atoms with Crippen molar-refractivity contribution >= 4 is 11.6 Å². The minimum atomic E-state index is -0.691. The van der Waals surface area contributed by atoms with Crippen LogP contribution in [0.3, 0.4) is 0 Å². The molecule has 6 heteroatoms. The minimum absolute atomic E-state index is 0.00643. The molecule has 6 nitrogen and oxygen atoms in total. The molecule has 1 saturated heterocycles. The van der Waals surface area contributed by atoms with E-state index in [0.717, 1.165) is 37.4 Å². The van der Waals surface area contributed by atoms with Gasteiger partial charge >= 0.3 is 0 Å². The Hall–Kier alpha value is -2.50. The van der Waals surface area contributed by atoms with Crippen LogP contribution < -0.4 is 15.0 Å². The lowest BCUT2D eigenvalue weighted by molar-refractivity contribution is -0.129. The fourth-order valence-corrected chi connectivity index (χ4v) is 3.22. The molecule has 0 aliphatic carbocycles. The number of benzene rings is 1. The molecule has 0 radical (unpaired) electrons. The number of hydrogen-bond acceptors (Lipinski definition) is 4. The summed E-state index contributed by atoms with van der Waals surface area (Å²) in [4.78, 5) is 15.0. The number of anilines is 1. The zero-order chi connectivity index (χ0) is 17.9. The molecule has 0 unspecified atom stereocenters. The van der Waals surface area contributed by atoms with Crippen molar-refractivity contribution in [1.29, 1.82) is 0 Å². The van der Waals surface area contributed by atoms with E-state index in [1.165, 1.54) is 0 Å². The molecule has 1 aliphatic rings. The van der Waals surface area contributed by atoms with Crippen LogP contribution in [-0.4, -0.2) is 41.9 Å². The third-order valence-electron chi connectivity index (χ3n) is 4.89. The zero-order valence-corrected chi connectivity index (χ0v) is 15.1. The van der Waals surface area contributed by atoms with Gasteiger partial charge in [-0.15, -0.1) is 0 Å². The molecular formula is C19H26N4O2. The summed E-state index contributed by atoms with van der Waals surface area (Å²) >= 11 is 0. The Labute approximate surface area is 148 Å². The molecule has 25 heavy (non-hydrogen) atoms. The van der Waals surface area contributed by atoms with Crippen LogP contribution in [0.25, 0.3) is 0 Å². The van der Waals surface area contributed by atoms with Gasteiger partial charge in [-0.3, -0.25) is 9.48 Å². The van der Waals surface area contributed by atoms with Gasteiger partial charge in [-0.05, 0) is 44.9 Å². The number of hydrogen-bond donors (Lipinski definition) is 1. The molecule has 134 valence electrons. The Bertz CT molecular complexity index is 704. The monoisotopic (exact) mass is 342 g/mol. The lowest BCUT2D eigenvalue weighted by atomic mass is 10.00. The molecular weight excluding hydrogens is 316 g/mol. The second-order valence-electron chi connectivity index (χ2n) is 6.92. The number of para-hydroxylation sites is 2. The maximum absolute atomic E-state index is 12.7. The number of methoxy groups -OCH3 is 1. The fourth-order valence-electron chi connectivity index (χ4n) is 3.22. The number of carbonyl (C=O) groups is 1. The van der Waals surface area contributed by atoms with Gasteiger partial charge in [0.05, 0.1) is 12.8 Å². The van der Waals surface area contributed by atoms with Crippen LogP contribution in [0.5, 0.6) is 5.75 Å². The number of nitrogens with zero attached hydrogens (tertiary/aromatic N) is 3. The van der Waals surface area contributed by atoms with Gasteiger partial charge in [-0.1, -0.05) is 12.1 Å². The molecule has 0 saturated carbocycles. The van der Waals surface area contributed by atoms with Crippen LogP contribution >= 0.6 is 0 Å². The molecule has 0 spiro atoms. The Morgan fingerprint density at radius 3 is 2.60 bits per heavy atom. The van der Waals surface area contributed by atoms with Crippen molar-refractivity contribution < 1.29 is 9.53 Å². The van der Waals surface area contributed by atoms with Gasteiger partial charge in [0.25, 0.3) is 0 Å². The first-order valence-corrected chi connectivity index (χ1v) is 8.71. The summed E-state index contributed by atoms with van der Waals surface area (Å²) in [7, 11) is 1.70. The van der Waals surface area contributed by atoms with Gasteiger partial charge in [0.15, 0.2) is 0 Å². The maximum Gasteiger partial charge on any atom is 0.247 e. The molecule has 0 bridgehead atoms. The van der Waals surface area contributed by atoms with Crippen molar-refractivity contribution in [3.05, 3.63) is 42.7 Å². The molecule has 2 aromatic rings. The summed E-state index contributed by atoms with van der Waals surface area (Å²) in [6.45, 7) is 5.57. The Morgan fingerprint density at radius 1 is 1.24 bits per heavy atom. The lowest BCUT2D eigenvalue weighted by Gasteiger charge is -2.36. The SMILES string of the molecule is COc1ccccc1N1CCC(NC(=O)C(C)(C)n2cccn2)CC1. The van der Waals surface area contributed by atoms with E-state index in [2.05, 4.69) is 21.4 Å². The van der Waals surface area contributed by atoms with E-state index >= 15 is 0 Å². The van der Waals surface area contributed by atoms with Gasteiger partial charge in [-0.2, -0.15) is 5.10 Å². The normalized spacial score (nSPS) is 15.9. The molecule has 3 rings (SSSR count). The second-order valence-corrected chi connectivity index (χ2v) is 6.92. The quantitative estimate of drug-likeness (QED) is 0.906. The first-order valence-electron chi connectivity index (χ1n) is 8.71. The number of ether oxygens (including phenoxy) is 1. The van der Waals surface area contributed by atoms with Crippen LogP contribution in [0.1, 0.15) is 26.7 Å². The van der Waals surface area contributed by atoms with Crippen molar-refractivity contribution in [2.24, 2.45) is 0 Å². The van der Waals surface area contributed by atoms with Crippen LogP contribution in [0.15, 0.2) is 42.7 Å². The summed E-state index contributed by atoms with van der Waals surface area (Å²) in [5.41, 5.74) is 0.426. The van der Waals surface area contributed by atoms with Crippen molar-refractivity contribution in [3.8, 4) is 5.75 Å². The van der Waals surface area contributed by atoms with Gasteiger partial charge in [0.1, 0.15) is 11.3 Å². The standard InChI is InChI=1S/C19H26N4O2/c1-19(2,23-12-6-11-20-23)18(24)21-15-9-13-22(14-10-15)16-7-4-5-8-17(16)25-3/h4-8,11-12,15H,9-10,13-14H2,1-3H3,(H,21,24). The zero-order valence-electron chi connectivity index (χ0n) is 15.1. The second kappa shape index (κ2) is 7.17. The molecule has 1 amide bonds. The smallest absolute Gasteiger partial charge is 0.247 e. The van der Waals surface area contributed by atoms with Crippen molar-refractivity contribution in [3.63, 3.8) is 0 Å². The number of nitrogens with one attached hydrogen (secondary N) is 1. The van der Waals surface area contributed by atoms with Gasteiger partial charge in [-0.25, -0.2) is 0 Å². The summed E-state index contributed by atoms with van der Waals surface area (Å²) in [6, 6.07) is 10.1. The number of amides is 1. The third-order valence-corrected chi connectivity index (χ3v) is 4.89. The van der Waals surface area contributed by atoms with E-state index in [-0.39, 0.29) is 11.9 Å². The number of rotatable bonds is 5. The maximum atomic E-state index is 12.7. The third kappa shape index (κ3) is 3.62. The lowest BCUT2D eigenvalue weighted by Crippen LogP contribution is -2.51. The highest BCUT2D eigenvalue weighted by Crippen LogP contribution is 2.30. The average Bonchev–Trinajstić information content (AvgIpc) is 3.18. The van der Waals surface area contributed by atoms with E-state index < -0.39 is 5.54 Å². The Kier molecular flexibility index (Phi) is 4.97. The average molecular weight is 342 g/mol. The van der Waals surface area contributed by atoms with Gasteiger partial charge in [0, 0.05) is 31.5 Å². The van der Waals surface area contributed by atoms with Crippen molar-refractivity contribution in [2.75, 3.05) is 25.1 Å². The highest BCUT2D eigenvalue weighted by molar-refractivity contribution is 5.83. The molecule has 1 aromatic carbocycles. The first kappa shape index (κ1) is 17.3. The van der Waals surface area contributed by atoms with E-state index in [1.807, 2.05) is 44.3 Å². The largest absolute Gasteiger partial charge is 0.495 e. The van der Waals surface area contributed by atoms with Crippen LogP contribution in [-0.2, 0) is 10.3 Å². The van der Waals surface area contributed by atoms with Gasteiger partial charge in [0.2, 0.25) is 5.91 Å². The summed E-state index contributed by atoms with van der Waals surface area (Å²) in [5, 5.41) is 7.40. The topological polar surface area (TPSA) is 59.4 Å². The molecule has 2 heterocycles. The summed E-state index contributed by atoms with van der Waals surface area (Å²) in [6.07, 6.45) is 5.35. The number of aromatic nitrogens is 2. The number of carbonyl (C=O) groups excluding carboxylic acids is 1. The Balaban J connectivity index is 1.58. The predicted molar refractivity (Wildman–Crippen MR) is 97.9 cm³/mol. The predicted octanol–water partition coefficient (Wildman–Crippen LogP) is 2.41. The van der Waals surface area contributed by atoms with E-state index in [9.17, 15) is 4.79 Å². The van der Waals surface area contributed by atoms with Crippen molar-refractivity contribution in [1.82, 2.24) is 15.1 Å². The van der Waals surface area contributed by atoms with Crippen LogP contribution in [0.4, 0.5) is 5.69 Å². The highest BCUT2D eigenvalue weighted by Gasteiger charge is 2.32. The fraction of sp³-hybridized carbons (Fsp3) is 0.474. The summed E-state index contributed by atoms with van der Waals surface area (Å²) in [5.74, 6) is 0.900. The van der Waals surface area contributed by atoms with E-state index in [0.29, 0.717) is 0 Å². The molecule has 1 aliphatic heterocycles. The summed E-state index contributed by atoms with van der Waals surface area (Å²) < 4.78 is 7.16. The molecule has 0 atom stereocenters. The highest BCUT2D eigenvalue weighted by atomic mass is 16.5. The Morgan fingerprint density at radius 2 is 1.96 bits per heavy atom. The van der Waals surface area contributed by atoms with Crippen LogP contribution in [0.2, 0.25) is 0 Å². The molecule has 1 N–H and O–H groups in total. The first-order chi connectivity index (χ1) is 12.0. The van der Waals surface area contributed by atoms with Crippen LogP contribution in [0, 0.1) is 0 Å². The molecule has 1 fully saturated rings. The van der Waals surface area contributed by atoms with Crippen molar-refractivity contribution in [2.45, 2.75) is 38.3 Å². The van der Waals surface area contributed by atoms with Gasteiger partial charge < -0.3 is 15.0 Å². The van der Waals surface area contributed by atoms with E-state index in [1.54, 1.807) is 18.0 Å².